The molecular weight excluding hydrogens is 276 g/mol. The van der Waals surface area contributed by atoms with E-state index in [-0.39, 0.29) is 0 Å². The van der Waals surface area contributed by atoms with Crippen molar-refractivity contribution in [1.29, 1.82) is 0 Å². The molecule has 0 spiro atoms. The highest BCUT2D eigenvalue weighted by molar-refractivity contribution is 5.79. The first kappa shape index (κ1) is 16.9. The maximum atomic E-state index is 5.33. The normalized spacial score (nSPS) is 21.6. The smallest absolute Gasteiger partial charge is 0.191 e. The van der Waals surface area contributed by atoms with Crippen molar-refractivity contribution in [3.8, 4) is 0 Å². The number of likely N-dealkylation sites (tertiary alicyclic amines) is 1. The molecule has 0 aromatic carbocycles. The Morgan fingerprint density at radius 1 is 1.50 bits per heavy atom. The lowest BCUT2D eigenvalue weighted by Crippen LogP contribution is -2.48. The summed E-state index contributed by atoms with van der Waals surface area (Å²) in [6, 6.07) is 4.45. The third-order valence-corrected chi connectivity index (χ3v) is 4.34. The molecule has 0 saturated carbocycles. The summed E-state index contributed by atoms with van der Waals surface area (Å²) in [6.07, 6.45) is 5.27. The van der Waals surface area contributed by atoms with E-state index in [1.807, 2.05) is 19.2 Å². The van der Waals surface area contributed by atoms with E-state index in [1.54, 1.807) is 6.26 Å². The van der Waals surface area contributed by atoms with Crippen molar-refractivity contribution in [2.45, 2.75) is 39.2 Å². The van der Waals surface area contributed by atoms with Gasteiger partial charge in [-0.15, -0.1) is 0 Å². The molecule has 0 radical (unpaired) electrons. The van der Waals surface area contributed by atoms with E-state index in [1.165, 1.54) is 25.9 Å². The number of hydrogen-bond donors (Lipinski definition) is 2. The fourth-order valence-electron chi connectivity index (χ4n) is 2.98. The first-order valence-electron chi connectivity index (χ1n) is 8.40. The Hall–Kier alpha value is -1.49. The van der Waals surface area contributed by atoms with Crippen molar-refractivity contribution in [3.05, 3.63) is 24.2 Å². The average Bonchev–Trinajstić information content (AvgIpc) is 3.03. The molecule has 1 fully saturated rings. The maximum absolute atomic E-state index is 5.33. The summed E-state index contributed by atoms with van der Waals surface area (Å²) in [7, 11) is 1.82. The molecule has 0 bridgehead atoms. The standard InChI is InChI=1S/C17H30N4O/c1-14-6-4-10-21(13-14)15(2)12-20-17(18-3)19-9-8-16-7-5-11-22-16/h5,7,11,14-15H,4,6,8-10,12-13H2,1-3H3,(H2,18,19,20). The molecule has 0 amide bonds. The van der Waals surface area contributed by atoms with Gasteiger partial charge in [0, 0.05) is 39.1 Å². The van der Waals surface area contributed by atoms with Gasteiger partial charge >= 0.3 is 0 Å². The lowest BCUT2D eigenvalue weighted by atomic mass is 9.99. The monoisotopic (exact) mass is 306 g/mol. The number of rotatable bonds is 6. The predicted molar refractivity (Wildman–Crippen MR) is 91.2 cm³/mol. The van der Waals surface area contributed by atoms with Crippen molar-refractivity contribution in [2.75, 3.05) is 33.2 Å². The van der Waals surface area contributed by atoms with E-state index in [2.05, 4.69) is 34.4 Å². The number of piperidine rings is 1. The summed E-state index contributed by atoms with van der Waals surface area (Å²) < 4.78 is 5.33. The fourth-order valence-corrected chi connectivity index (χ4v) is 2.98. The Labute approximate surface area is 134 Å². The van der Waals surface area contributed by atoms with Gasteiger partial charge in [-0.05, 0) is 44.4 Å². The van der Waals surface area contributed by atoms with Gasteiger partial charge in [0.1, 0.15) is 5.76 Å². The highest BCUT2D eigenvalue weighted by Gasteiger charge is 2.20. The molecule has 2 atom stereocenters. The lowest BCUT2D eigenvalue weighted by molar-refractivity contribution is 0.139. The van der Waals surface area contributed by atoms with Crippen molar-refractivity contribution < 1.29 is 4.42 Å². The first-order valence-corrected chi connectivity index (χ1v) is 8.40. The minimum Gasteiger partial charge on any atom is -0.469 e. The zero-order valence-electron chi connectivity index (χ0n) is 14.1. The predicted octanol–water partition coefficient (Wildman–Crippen LogP) is 2.11. The lowest BCUT2D eigenvalue weighted by Gasteiger charge is -2.35. The van der Waals surface area contributed by atoms with Crippen LogP contribution in [0.15, 0.2) is 27.8 Å². The van der Waals surface area contributed by atoms with Gasteiger partial charge < -0.3 is 15.1 Å². The van der Waals surface area contributed by atoms with Gasteiger partial charge in [0.15, 0.2) is 5.96 Å². The molecule has 5 heteroatoms. The molecule has 1 aliphatic rings. The van der Waals surface area contributed by atoms with Gasteiger partial charge in [0.2, 0.25) is 0 Å². The summed E-state index contributed by atoms with van der Waals surface area (Å²) >= 11 is 0. The molecule has 1 aromatic rings. The number of aliphatic imine (C=N–C) groups is 1. The SMILES string of the molecule is CN=C(NCCc1ccco1)NCC(C)N1CCCC(C)C1. The van der Waals surface area contributed by atoms with Crippen molar-refractivity contribution in [3.63, 3.8) is 0 Å². The van der Waals surface area contributed by atoms with E-state index < -0.39 is 0 Å². The zero-order valence-corrected chi connectivity index (χ0v) is 14.1. The molecule has 1 saturated heterocycles. The van der Waals surface area contributed by atoms with Gasteiger partial charge in [-0.25, -0.2) is 0 Å². The highest BCUT2D eigenvalue weighted by Crippen LogP contribution is 2.17. The summed E-state index contributed by atoms with van der Waals surface area (Å²) in [5, 5.41) is 6.76. The Morgan fingerprint density at radius 2 is 2.36 bits per heavy atom. The molecule has 1 aromatic heterocycles. The summed E-state index contributed by atoms with van der Waals surface area (Å²) in [6.45, 7) is 8.82. The van der Waals surface area contributed by atoms with E-state index in [0.29, 0.717) is 6.04 Å². The van der Waals surface area contributed by atoms with Gasteiger partial charge in [-0.1, -0.05) is 6.92 Å². The zero-order chi connectivity index (χ0) is 15.8. The second kappa shape index (κ2) is 8.83. The quantitative estimate of drug-likeness (QED) is 0.624. The van der Waals surface area contributed by atoms with Gasteiger partial charge in [-0.2, -0.15) is 0 Å². The first-order chi connectivity index (χ1) is 10.7. The van der Waals surface area contributed by atoms with Crippen molar-refractivity contribution in [2.24, 2.45) is 10.9 Å². The van der Waals surface area contributed by atoms with Gasteiger partial charge in [0.05, 0.1) is 6.26 Å². The van der Waals surface area contributed by atoms with Crippen LogP contribution in [-0.2, 0) is 6.42 Å². The second-order valence-electron chi connectivity index (χ2n) is 6.30. The van der Waals surface area contributed by atoms with Crippen molar-refractivity contribution in [1.82, 2.24) is 15.5 Å². The van der Waals surface area contributed by atoms with Crippen LogP contribution in [0.5, 0.6) is 0 Å². The Balaban J connectivity index is 1.66. The Kier molecular flexibility index (Phi) is 6.77. The fraction of sp³-hybridized carbons (Fsp3) is 0.706. The molecule has 2 unspecified atom stereocenters. The molecule has 22 heavy (non-hydrogen) atoms. The van der Waals surface area contributed by atoms with E-state index in [9.17, 15) is 0 Å². The van der Waals surface area contributed by atoms with Crippen LogP contribution in [0, 0.1) is 5.92 Å². The molecule has 2 heterocycles. The van der Waals surface area contributed by atoms with E-state index in [4.69, 9.17) is 4.42 Å². The third kappa shape index (κ3) is 5.37. The van der Waals surface area contributed by atoms with Crippen LogP contribution >= 0.6 is 0 Å². The number of furan rings is 1. The molecule has 0 aliphatic carbocycles. The number of nitrogens with zero attached hydrogens (tertiary/aromatic N) is 2. The molecule has 2 N–H and O–H groups in total. The molecule has 5 nitrogen and oxygen atoms in total. The molecule has 2 rings (SSSR count). The van der Waals surface area contributed by atoms with Crippen LogP contribution in [0.4, 0.5) is 0 Å². The molecular formula is C17H30N4O. The summed E-state index contributed by atoms with van der Waals surface area (Å²) in [5.74, 6) is 2.68. The van der Waals surface area contributed by atoms with Gasteiger partial charge in [0.25, 0.3) is 0 Å². The Bertz CT molecular complexity index is 444. The Morgan fingerprint density at radius 3 is 3.05 bits per heavy atom. The van der Waals surface area contributed by atoms with Crippen molar-refractivity contribution >= 4 is 5.96 Å². The number of guanidine groups is 1. The highest BCUT2D eigenvalue weighted by atomic mass is 16.3. The van der Waals surface area contributed by atoms with Crippen LogP contribution in [0.2, 0.25) is 0 Å². The van der Waals surface area contributed by atoms with E-state index in [0.717, 1.165) is 37.1 Å². The topological polar surface area (TPSA) is 52.8 Å². The van der Waals surface area contributed by atoms with Crippen LogP contribution in [0.1, 0.15) is 32.4 Å². The summed E-state index contributed by atoms with van der Waals surface area (Å²) in [4.78, 5) is 6.86. The number of nitrogens with one attached hydrogen (secondary N) is 2. The largest absolute Gasteiger partial charge is 0.469 e. The average molecular weight is 306 g/mol. The molecule has 1 aliphatic heterocycles. The maximum Gasteiger partial charge on any atom is 0.191 e. The summed E-state index contributed by atoms with van der Waals surface area (Å²) in [5.41, 5.74) is 0. The van der Waals surface area contributed by atoms with Crippen LogP contribution in [0.3, 0.4) is 0 Å². The number of hydrogen-bond acceptors (Lipinski definition) is 3. The van der Waals surface area contributed by atoms with Gasteiger partial charge in [-0.3, -0.25) is 9.89 Å². The second-order valence-corrected chi connectivity index (χ2v) is 6.30. The van der Waals surface area contributed by atoms with E-state index >= 15 is 0 Å². The third-order valence-electron chi connectivity index (χ3n) is 4.34. The van der Waals surface area contributed by atoms with Crippen LogP contribution < -0.4 is 10.6 Å². The van der Waals surface area contributed by atoms with Crippen LogP contribution in [-0.4, -0.2) is 50.1 Å². The molecule has 124 valence electrons. The minimum atomic E-state index is 0.534. The van der Waals surface area contributed by atoms with Crippen LogP contribution in [0.25, 0.3) is 0 Å². The minimum absolute atomic E-state index is 0.534.